The van der Waals surface area contributed by atoms with Crippen molar-refractivity contribution in [3.8, 4) is 5.75 Å². The summed E-state index contributed by atoms with van der Waals surface area (Å²) in [5, 5.41) is 9.88. The van der Waals surface area contributed by atoms with E-state index in [1.54, 1.807) is 13.2 Å². The maximum absolute atomic E-state index is 12.8. The molecule has 29 heavy (non-hydrogen) atoms. The van der Waals surface area contributed by atoms with Gasteiger partial charge >= 0.3 is 5.97 Å². The molecule has 156 valence electrons. The number of rotatable bonds is 6. The first kappa shape index (κ1) is 19.8. The average Bonchev–Trinajstić information content (AvgIpc) is 3.57. The van der Waals surface area contributed by atoms with Gasteiger partial charge in [0.2, 0.25) is 5.43 Å². The molecule has 1 aromatic heterocycles. The highest BCUT2D eigenvalue weighted by Gasteiger charge is 2.31. The number of carboxylic acid groups (broad SMARTS) is 1. The number of carbonyl (C=O) groups is 1. The third-order valence-corrected chi connectivity index (χ3v) is 6.38. The third kappa shape index (κ3) is 3.48. The van der Waals surface area contributed by atoms with Crippen molar-refractivity contribution in [1.29, 1.82) is 0 Å². The minimum atomic E-state index is -1.19. The van der Waals surface area contributed by atoms with Gasteiger partial charge in [0, 0.05) is 31.4 Å². The summed E-state index contributed by atoms with van der Waals surface area (Å²) >= 11 is 0. The molecule has 1 aliphatic heterocycles. The molecule has 2 aliphatic rings. The van der Waals surface area contributed by atoms with E-state index in [0.29, 0.717) is 22.6 Å². The molecule has 1 aromatic carbocycles. The molecule has 2 atom stereocenters. The predicted octanol–water partition coefficient (Wildman–Crippen LogP) is 3.00. The van der Waals surface area contributed by atoms with E-state index in [9.17, 15) is 14.7 Å². The van der Waals surface area contributed by atoms with Gasteiger partial charge in [-0.1, -0.05) is 6.92 Å². The molecule has 1 saturated carbocycles. The molecular formula is C22H29N3O4. The number of ether oxygens (including phenoxy) is 1. The van der Waals surface area contributed by atoms with Gasteiger partial charge in [-0.05, 0) is 50.2 Å². The van der Waals surface area contributed by atoms with Gasteiger partial charge in [0.25, 0.3) is 0 Å². The largest absolute Gasteiger partial charge is 0.492 e. The average molecular weight is 399 g/mol. The highest BCUT2D eigenvalue weighted by atomic mass is 16.5. The molecule has 7 heteroatoms. The molecule has 2 fully saturated rings. The molecule has 0 radical (unpaired) electrons. The number of piperidine rings is 1. The first-order valence-corrected chi connectivity index (χ1v) is 10.5. The Hall–Kier alpha value is -2.54. The van der Waals surface area contributed by atoms with Crippen LogP contribution >= 0.6 is 0 Å². The maximum Gasteiger partial charge on any atom is 0.341 e. The molecular weight excluding hydrogens is 370 g/mol. The van der Waals surface area contributed by atoms with Crippen LogP contribution < -0.4 is 20.8 Å². The summed E-state index contributed by atoms with van der Waals surface area (Å²) in [6, 6.07) is 4.03. The fraction of sp³-hybridized carbons (Fsp3) is 0.545. The lowest BCUT2D eigenvalue weighted by molar-refractivity contribution is 0.0695. The van der Waals surface area contributed by atoms with Crippen molar-refractivity contribution >= 4 is 22.6 Å². The minimum Gasteiger partial charge on any atom is -0.492 e. The van der Waals surface area contributed by atoms with Gasteiger partial charge in [-0.2, -0.15) is 0 Å². The van der Waals surface area contributed by atoms with Crippen molar-refractivity contribution in [2.24, 2.45) is 11.7 Å². The molecule has 2 aromatic rings. The molecule has 2 heterocycles. The van der Waals surface area contributed by atoms with Gasteiger partial charge in [0.05, 0.1) is 23.7 Å². The highest BCUT2D eigenvalue weighted by molar-refractivity contribution is 5.97. The fourth-order valence-electron chi connectivity index (χ4n) is 4.56. The number of aromatic carboxylic acids is 1. The van der Waals surface area contributed by atoms with Gasteiger partial charge < -0.3 is 25.0 Å². The summed E-state index contributed by atoms with van der Waals surface area (Å²) in [5.41, 5.74) is 7.33. The molecule has 0 amide bonds. The number of fused-ring (bicyclic) bond motifs is 1. The minimum absolute atomic E-state index is 0.173. The number of nitrogens with zero attached hydrogens (tertiary/aromatic N) is 2. The van der Waals surface area contributed by atoms with Crippen molar-refractivity contribution in [3.05, 3.63) is 34.1 Å². The van der Waals surface area contributed by atoms with Crippen LogP contribution in [-0.2, 0) is 0 Å². The number of nitrogens with two attached hydrogens (primary N) is 1. The van der Waals surface area contributed by atoms with E-state index in [1.165, 1.54) is 6.20 Å². The number of methoxy groups -OCH3 is 1. The zero-order chi connectivity index (χ0) is 20.7. The zero-order valence-corrected chi connectivity index (χ0v) is 17.1. The smallest absolute Gasteiger partial charge is 0.341 e. The van der Waals surface area contributed by atoms with E-state index in [1.807, 2.05) is 10.6 Å². The predicted molar refractivity (Wildman–Crippen MR) is 113 cm³/mol. The number of hydrogen-bond acceptors (Lipinski definition) is 5. The van der Waals surface area contributed by atoms with Crippen molar-refractivity contribution in [1.82, 2.24) is 4.57 Å². The number of carboxylic acids is 1. The number of benzene rings is 1. The molecule has 3 N–H and O–H groups in total. The Morgan fingerprint density at radius 2 is 2.10 bits per heavy atom. The lowest BCUT2D eigenvalue weighted by Gasteiger charge is -2.37. The number of hydrogen-bond donors (Lipinski definition) is 2. The molecule has 4 rings (SSSR count). The highest BCUT2D eigenvalue weighted by Crippen LogP contribution is 2.43. The number of pyridine rings is 1. The van der Waals surface area contributed by atoms with Crippen LogP contribution in [0, 0.1) is 5.92 Å². The Balaban J connectivity index is 1.87. The van der Waals surface area contributed by atoms with Crippen LogP contribution in [0.2, 0.25) is 0 Å². The van der Waals surface area contributed by atoms with Gasteiger partial charge in [0.1, 0.15) is 5.56 Å². The first-order valence-electron chi connectivity index (χ1n) is 10.5. The zero-order valence-electron chi connectivity index (χ0n) is 17.1. The van der Waals surface area contributed by atoms with E-state index in [0.717, 1.165) is 50.9 Å². The lowest BCUT2D eigenvalue weighted by Crippen LogP contribution is -2.43. The molecule has 2 unspecified atom stereocenters. The number of aromatic nitrogens is 1. The maximum atomic E-state index is 12.8. The quantitative estimate of drug-likeness (QED) is 0.775. The Morgan fingerprint density at radius 3 is 2.72 bits per heavy atom. The summed E-state index contributed by atoms with van der Waals surface area (Å²) in [4.78, 5) is 26.7. The van der Waals surface area contributed by atoms with E-state index in [2.05, 4.69) is 11.8 Å². The normalized spacial score (nSPS) is 20.7. The summed E-state index contributed by atoms with van der Waals surface area (Å²) < 4.78 is 7.76. The van der Waals surface area contributed by atoms with Crippen LogP contribution in [0.15, 0.2) is 23.1 Å². The summed E-state index contributed by atoms with van der Waals surface area (Å²) in [6.45, 7) is 3.89. The number of anilines is 1. The summed E-state index contributed by atoms with van der Waals surface area (Å²) in [7, 11) is 1.62. The van der Waals surface area contributed by atoms with Crippen LogP contribution in [0.25, 0.3) is 10.9 Å². The second-order valence-electron chi connectivity index (χ2n) is 8.25. The standard InChI is InChI=1S/C22H29N3O4/c1-3-17(23)13-5-4-10-24(11-13)18-9-8-15-19(21(18)29-2)25(14-6-7-14)12-16(20(15)26)22(27)28/h8-9,12-14,17H,3-7,10-11,23H2,1-2H3,(H,27,28). The Labute approximate surface area is 170 Å². The van der Waals surface area contributed by atoms with Crippen molar-refractivity contribution in [2.45, 2.75) is 51.1 Å². The molecule has 0 bridgehead atoms. The molecule has 7 nitrogen and oxygen atoms in total. The van der Waals surface area contributed by atoms with Crippen LogP contribution in [0.3, 0.4) is 0 Å². The van der Waals surface area contributed by atoms with Gasteiger partial charge in [-0.15, -0.1) is 0 Å². The Kier molecular flexibility index (Phi) is 5.25. The second kappa shape index (κ2) is 7.71. The van der Waals surface area contributed by atoms with E-state index < -0.39 is 11.4 Å². The van der Waals surface area contributed by atoms with Gasteiger partial charge in [-0.3, -0.25) is 4.79 Å². The molecule has 1 aliphatic carbocycles. The van der Waals surface area contributed by atoms with Crippen LogP contribution in [-0.4, -0.2) is 41.9 Å². The van der Waals surface area contributed by atoms with Crippen molar-refractivity contribution in [2.75, 3.05) is 25.1 Å². The second-order valence-corrected chi connectivity index (χ2v) is 8.25. The first-order chi connectivity index (χ1) is 14.0. The van der Waals surface area contributed by atoms with Crippen LogP contribution in [0.1, 0.15) is 55.4 Å². The third-order valence-electron chi connectivity index (χ3n) is 6.38. The SMILES string of the molecule is CCC(N)C1CCCN(c2ccc3c(=O)c(C(=O)O)cn(C4CC4)c3c2OC)C1. The monoisotopic (exact) mass is 399 g/mol. The lowest BCUT2D eigenvalue weighted by atomic mass is 9.89. The Morgan fingerprint density at radius 1 is 1.34 bits per heavy atom. The summed E-state index contributed by atoms with van der Waals surface area (Å²) in [5.74, 6) is -0.120. The van der Waals surface area contributed by atoms with Gasteiger partial charge in [-0.25, -0.2) is 4.79 Å². The van der Waals surface area contributed by atoms with Crippen molar-refractivity contribution < 1.29 is 14.6 Å². The van der Waals surface area contributed by atoms with Crippen LogP contribution in [0.4, 0.5) is 5.69 Å². The topological polar surface area (TPSA) is 97.8 Å². The molecule has 1 saturated heterocycles. The van der Waals surface area contributed by atoms with Crippen molar-refractivity contribution in [3.63, 3.8) is 0 Å². The van der Waals surface area contributed by atoms with E-state index in [-0.39, 0.29) is 17.6 Å². The fourth-order valence-corrected chi connectivity index (χ4v) is 4.56. The van der Waals surface area contributed by atoms with Gasteiger partial charge in [0.15, 0.2) is 5.75 Å². The van der Waals surface area contributed by atoms with E-state index >= 15 is 0 Å². The van der Waals surface area contributed by atoms with Crippen LogP contribution in [0.5, 0.6) is 5.75 Å². The molecule has 0 spiro atoms. The van der Waals surface area contributed by atoms with E-state index in [4.69, 9.17) is 10.5 Å². The summed E-state index contributed by atoms with van der Waals surface area (Å²) in [6.07, 6.45) is 6.57. The Bertz CT molecular complexity index is 996.